The Morgan fingerprint density at radius 2 is 2.54 bits per heavy atom. The molecular weight excluding hydrogens is 184 g/mol. The van der Waals surface area contributed by atoms with Crippen molar-refractivity contribution in [1.29, 1.82) is 0 Å². The van der Waals surface area contributed by atoms with E-state index >= 15 is 0 Å². The molecule has 0 bridgehead atoms. The predicted molar refractivity (Wildman–Crippen MR) is 51.8 cm³/mol. The number of hydrogen-bond acceptors (Lipinski definition) is 3. The molecular formula is C9H12N2OS. The third-order valence-electron chi connectivity index (χ3n) is 2.41. The summed E-state index contributed by atoms with van der Waals surface area (Å²) in [6.45, 7) is 2.97. The van der Waals surface area contributed by atoms with Crippen LogP contribution in [0, 0.1) is 5.41 Å². The maximum atomic E-state index is 11.4. The standard InChI is InChI=1S/C9H12N2OS/c1-9(2-3-9)6-11-7(12)8-10-4-5-13-8/h4-5H,2-3,6H2,1H3,(H,11,12). The summed E-state index contributed by atoms with van der Waals surface area (Å²) >= 11 is 1.38. The van der Waals surface area contributed by atoms with Crippen molar-refractivity contribution >= 4 is 17.2 Å². The molecule has 0 spiro atoms. The van der Waals surface area contributed by atoms with Gasteiger partial charge in [-0.15, -0.1) is 11.3 Å². The van der Waals surface area contributed by atoms with Gasteiger partial charge in [-0.05, 0) is 18.3 Å². The van der Waals surface area contributed by atoms with Gasteiger partial charge >= 0.3 is 0 Å². The van der Waals surface area contributed by atoms with Gasteiger partial charge in [0.2, 0.25) is 0 Å². The van der Waals surface area contributed by atoms with E-state index in [9.17, 15) is 4.79 Å². The minimum absolute atomic E-state index is 0.0388. The second-order valence-electron chi connectivity index (χ2n) is 3.83. The fourth-order valence-corrected chi connectivity index (χ4v) is 1.65. The molecule has 4 heteroatoms. The molecule has 13 heavy (non-hydrogen) atoms. The maximum Gasteiger partial charge on any atom is 0.280 e. The molecule has 3 nitrogen and oxygen atoms in total. The van der Waals surface area contributed by atoms with Crippen molar-refractivity contribution in [2.24, 2.45) is 5.41 Å². The fraction of sp³-hybridized carbons (Fsp3) is 0.556. The van der Waals surface area contributed by atoms with Crippen molar-refractivity contribution in [1.82, 2.24) is 10.3 Å². The molecule has 1 aliphatic rings. The van der Waals surface area contributed by atoms with E-state index in [1.807, 2.05) is 5.38 Å². The van der Waals surface area contributed by atoms with Gasteiger partial charge in [0.25, 0.3) is 5.91 Å². The van der Waals surface area contributed by atoms with Crippen LogP contribution in [-0.2, 0) is 0 Å². The summed E-state index contributed by atoms with van der Waals surface area (Å²) in [5.41, 5.74) is 0.368. The minimum atomic E-state index is -0.0388. The molecule has 0 unspecified atom stereocenters. The fourth-order valence-electron chi connectivity index (χ4n) is 1.10. The number of carbonyl (C=O) groups is 1. The number of rotatable bonds is 3. The van der Waals surface area contributed by atoms with Crippen LogP contribution in [0.4, 0.5) is 0 Å². The van der Waals surface area contributed by atoms with Gasteiger partial charge in [-0.25, -0.2) is 4.98 Å². The van der Waals surface area contributed by atoms with Crippen LogP contribution in [0.1, 0.15) is 29.6 Å². The van der Waals surface area contributed by atoms with Crippen LogP contribution in [0.2, 0.25) is 0 Å². The SMILES string of the molecule is CC1(CNC(=O)c2nccs2)CC1. The van der Waals surface area contributed by atoms with Crippen LogP contribution >= 0.6 is 11.3 Å². The van der Waals surface area contributed by atoms with Gasteiger partial charge in [0.15, 0.2) is 5.01 Å². The summed E-state index contributed by atoms with van der Waals surface area (Å²) in [6.07, 6.45) is 4.11. The number of nitrogens with zero attached hydrogens (tertiary/aromatic N) is 1. The lowest BCUT2D eigenvalue weighted by molar-refractivity contribution is 0.0946. The Morgan fingerprint density at radius 1 is 1.77 bits per heavy atom. The van der Waals surface area contributed by atoms with Crippen molar-refractivity contribution in [3.63, 3.8) is 0 Å². The maximum absolute atomic E-state index is 11.4. The highest BCUT2D eigenvalue weighted by molar-refractivity contribution is 7.11. The summed E-state index contributed by atoms with van der Waals surface area (Å²) in [4.78, 5) is 15.4. The zero-order chi connectivity index (χ0) is 9.31. The first kappa shape index (κ1) is 8.69. The minimum Gasteiger partial charge on any atom is -0.349 e. The molecule has 1 N–H and O–H groups in total. The molecule has 0 radical (unpaired) electrons. The van der Waals surface area contributed by atoms with E-state index in [2.05, 4.69) is 17.2 Å². The average Bonchev–Trinajstić information content (AvgIpc) is 2.69. The van der Waals surface area contributed by atoms with Gasteiger partial charge in [-0.3, -0.25) is 4.79 Å². The summed E-state index contributed by atoms with van der Waals surface area (Å²) < 4.78 is 0. The number of hydrogen-bond donors (Lipinski definition) is 1. The Hall–Kier alpha value is -0.900. The van der Waals surface area contributed by atoms with Gasteiger partial charge < -0.3 is 5.32 Å². The van der Waals surface area contributed by atoms with E-state index in [1.165, 1.54) is 24.2 Å². The van der Waals surface area contributed by atoms with Crippen molar-refractivity contribution in [2.45, 2.75) is 19.8 Å². The second kappa shape index (κ2) is 3.10. The highest BCUT2D eigenvalue weighted by atomic mass is 32.1. The van der Waals surface area contributed by atoms with Gasteiger partial charge in [0.1, 0.15) is 0 Å². The van der Waals surface area contributed by atoms with Crippen molar-refractivity contribution < 1.29 is 4.79 Å². The topological polar surface area (TPSA) is 42.0 Å². The van der Waals surface area contributed by atoms with E-state index in [4.69, 9.17) is 0 Å². The zero-order valence-corrected chi connectivity index (χ0v) is 8.36. The summed E-state index contributed by atoms with van der Waals surface area (Å²) in [6, 6.07) is 0. The lowest BCUT2D eigenvalue weighted by Crippen LogP contribution is -2.28. The third kappa shape index (κ3) is 2.06. The van der Waals surface area contributed by atoms with Crippen molar-refractivity contribution in [3.8, 4) is 0 Å². The zero-order valence-electron chi connectivity index (χ0n) is 7.54. The Kier molecular flexibility index (Phi) is 2.07. The molecule has 0 atom stereocenters. The van der Waals surface area contributed by atoms with Crippen molar-refractivity contribution in [2.75, 3.05) is 6.54 Å². The lowest BCUT2D eigenvalue weighted by Gasteiger charge is -2.07. The number of aromatic nitrogens is 1. The van der Waals surface area contributed by atoms with Gasteiger partial charge in [0, 0.05) is 18.1 Å². The molecule has 1 aromatic rings. The first-order valence-electron chi connectivity index (χ1n) is 4.37. The summed E-state index contributed by atoms with van der Waals surface area (Å²) in [7, 11) is 0. The van der Waals surface area contributed by atoms with E-state index in [1.54, 1.807) is 6.20 Å². The van der Waals surface area contributed by atoms with E-state index in [0.717, 1.165) is 6.54 Å². The first-order chi connectivity index (χ1) is 6.20. The quantitative estimate of drug-likeness (QED) is 0.799. The van der Waals surface area contributed by atoms with E-state index in [0.29, 0.717) is 10.4 Å². The number of nitrogens with one attached hydrogen (secondary N) is 1. The molecule has 70 valence electrons. The van der Waals surface area contributed by atoms with Crippen LogP contribution in [-0.4, -0.2) is 17.4 Å². The van der Waals surface area contributed by atoms with Gasteiger partial charge in [0.05, 0.1) is 0 Å². The molecule has 0 saturated heterocycles. The van der Waals surface area contributed by atoms with E-state index in [-0.39, 0.29) is 5.91 Å². The third-order valence-corrected chi connectivity index (χ3v) is 3.18. The number of amides is 1. The normalized spacial score (nSPS) is 18.2. The van der Waals surface area contributed by atoms with Crippen LogP contribution < -0.4 is 5.32 Å². The monoisotopic (exact) mass is 196 g/mol. The van der Waals surface area contributed by atoms with Crippen LogP contribution in [0.3, 0.4) is 0 Å². The Morgan fingerprint density at radius 3 is 3.08 bits per heavy atom. The molecule has 1 heterocycles. The Bertz CT molecular complexity index is 303. The molecule has 0 aliphatic heterocycles. The lowest BCUT2D eigenvalue weighted by atomic mass is 10.1. The first-order valence-corrected chi connectivity index (χ1v) is 5.25. The largest absolute Gasteiger partial charge is 0.349 e. The molecule has 1 aliphatic carbocycles. The number of carbonyl (C=O) groups excluding carboxylic acids is 1. The smallest absolute Gasteiger partial charge is 0.280 e. The number of thiazole rings is 1. The highest BCUT2D eigenvalue weighted by Gasteiger charge is 2.37. The Labute approximate surface area is 81.2 Å². The van der Waals surface area contributed by atoms with Crippen LogP contribution in [0.5, 0.6) is 0 Å². The summed E-state index contributed by atoms with van der Waals surface area (Å²) in [5.74, 6) is -0.0388. The van der Waals surface area contributed by atoms with Gasteiger partial charge in [-0.1, -0.05) is 6.92 Å². The summed E-state index contributed by atoms with van der Waals surface area (Å²) in [5, 5.41) is 5.27. The molecule has 1 fully saturated rings. The Balaban J connectivity index is 1.85. The van der Waals surface area contributed by atoms with Crippen molar-refractivity contribution in [3.05, 3.63) is 16.6 Å². The molecule has 1 amide bonds. The van der Waals surface area contributed by atoms with Crippen LogP contribution in [0.15, 0.2) is 11.6 Å². The van der Waals surface area contributed by atoms with Gasteiger partial charge in [-0.2, -0.15) is 0 Å². The molecule has 0 aromatic carbocycles. The molecule has 1 saturated carbocycles. The second-order valence-corrected chi connectivity index (χ2v) is 4.73. The molecule has 1 aromatic heterocycles. The predicted octanol–water partition coefficient (Wildman–Crippen LogP) is 1.67. The van der Waals surface area contributed by atoms with E-state index < -0.39 is 0 Å². The highest BCUT2D eigenvalue weighted by Crippen LogP contribution is 2.44. The van der Waals surface area contributed by atoms with Crippen LogP contribution in [0.25, 0.3) is 0 Å². The average molecular weight is 196 g/mol. The molecule has 2 rings (SSSR count).